The quantitative estimate of drug-likeness (QED) is 0.792. The molecule has 0 bridgehead atoms. The van der Waals surface area contributed by atoms with Crippen LogP contribution in [0.3, 0.4) is 0 Å². The number of fused-ring (bicyclic) bond motifs is 1. The van der Waals surface area contributed by atoms with Crippen molar-refractivity contribution in [3.63, 3.8) is 0 Å². The molecule has 5 nitrogen and oxygen atoms in total. The first-order chi connectivity index (χ1) is 12.1. The molecule has 4 rings (SSSR count). The second-order valence-electron chi connectivity index (χ2n) is 6.69. The van der Waals surface area contributed by atoms with Gasteiger partial charge in [-0.15, -0.1) is 0 Å². The lowest BCUT2D eigenvalue weighted by Crippen LogP contribution is -2.24. The van der Waals surface area contributed by atoms with Gasteiger partial charge in [-0.2, -0.15) is 0 Å². The smallest absolute Gasteiger partial charge is 0.226 e. The van der Waals surface area contributed by atoms with Crippen molar-refractivity contribution in [1.82, 2.24) is 14.5 Å². The number of benzene rings is 1. The van der Waals surface area contributed by atoms with Gasteiger partial charge in [0.25, 0.3) is 0 Å². The Kier molecular flexibility index (Phi) is 3.84. The molecule has 5 heteroatoms. The molecule has 3 heterocycles. The number of anilines is 1. The summed E-state index contributed by atoms with van der Waals surface area (Å²) >= 11 is 0. The van der Waals surface area contributed by atoms with Gasteiger partial charge >= 0.3 is 0 Å². The lowest BCUT2D eigenvalue weighted by molar-refractivity contribution is -0.116. The second-order valence-corrected chi connectivity index (χ2v) is 6.69. The summed E-state index contributed by atoms with van der Waals surface area (Å²) in [6.07, 6.45) is 5.65. The minimum atomic E-state index is -0.0251. The predicted octanol–water partition coefficient (Wildman–Crippen LogP) is 3.86. The SMILES string of the molecule is CC(C)c1ccc([C@H]2CC(=O)Nc3c2ncn3-c2cccnc2)cc1. The van der Waals surface area contributed by atoms with Crippen LogP contribution in [-0.4, -0.2) is 20.4 Å². The van der Waals surface area contributed by atoms with Crippen LogP contribution in [0.2, 0.25) is 0 Å². The Morgan fingerprint density at radius 3 is 2.68 bits per heavy atom. The molecular formula is C20H20N4O. The zero-order valence-electron chi connectivity index (χ0n) is 14.3. The van der Waals surface area contributed by atoms with Gasteiger partial charge in [0.2, 0.25) is 5.91 Å². The Hall–Kier alpha value is -2.95. The van der Waals surface area contributed by atoms with Crippen LogP contribution < -0.4 is 5.32 Å². The molecule has 0 unspecified atom stereocenters. The van der Waals surface area contributed by atoms with Crippen LogP contribution in [0.4, 0.5) is 5.82 Å². The van der Waals surface area contributed by atoms with E-state index in [2.05, 4.69) is 53.4 Å². The third-order valence-electron chi connectivity index (χ3n) is 4.70. The molecule has 0 fully saturated rings. The van der Waals surface area contributed by atoms with E-state index in [1.54, 1.807) is 18.7 Å². The molecule has 0 aliphatic carbocycles. The number of hydrogen-bond donors (Lipinski definition) is 1. The van der Waals surface area contributed by atoms with E-state index in [1.165, 1.54) is 5.56 Å². The Morgan fingerprint density at radius 1 is 1.20 bits per heavy atom. The van der Waals surface area contributed by atoms with Crippen LogP contribution in [-0.2, 0) is 4.79 Å². The van der Waals surface area contributed by atoms with Gasteiger partial charge in [-0.05, 0) is 29.2 Å². The van der Waals surface area contributed by atoms with E-state index in [0.29, 0.717) is 12.3 Å². The Balaban J connectivity index is 1.75. The number of aromatic nitrogens is 3. The number of pyridine rings is 1. The van der Waals surface area contributed by atoms with E-state index in [0.717, 1.165) is 22.8 Å². The van der Waals surface area contributed by atoms with E-state index < -0.39 is 0 Å². The van der Waals surface area contributed by atoms with E-state index >= 15 is 0 Å². The van der Waals surface area contributed by atoms with Gasteiger partial charge in [-0.25, -0.2) is 4.98 Å². The number of imidazole rings is 1. The molecule has 2 aromatic heterocycles. The molecule has 0 saturated heterocycles. The lowest BCUT2D eigenvalue weighted by Gasteiger charge is -2.23. The minimum absolute atomic E-state index is 0.0103. The van der Waals surface area contributed by atoms with Crippen molar-refractivity contribution in [1.29, 1.82) is 0 Å². The van der Waals surface area contributed by atoms with E-state index in [-0.39, 0.29) is 11.8 Å². The van der Waals surface area contributed by atoms with Gasteiger partial charge in [-0.1, -0.05) is 38.1 Å². The van der Waals surface area contributed by atoms with Crippen LogP contribution in [0.25, 0.3) is 5.69 Å². The maximum atomic E-state index is 12.3. The van der Waals surface area contributed by atoms with E-state index in [4.69, 9.17) is 0 Å². The number of nitrogens with zero attached hydrogens (tertiary/aromatic N) is 3. The molecule has 126 valence electrons. The third kappa shape index (κ3) is 2.82. The second kappa shape index (κ2) is 6.16. The monoisotopic (exact) mass is 332 g/mol. The van der Waals surface area contributed by atoms with Crippen molar-refractivity contribution in [3.8, 4) is 5.69 Å². The Labute approximate surface area is 146 Å². The van der Waals surface area contributed by atoms with Gasteiger partial charge in [0.1, 0.15) is 12.1 Å². The molecule has 1 atom stereocenters. The number of amides is 1. The first-order valence-corrected chi connectivity index (χ1v) is 8.51. The molecular weight excluding hydrogens is 312 g/mol. The average molecular weight is 332 g/mol. The van der Waals surface area contributed by atoms with E-state index in [1.807, 2.05) is 16.7 Å². The maximum absolute atomic E-state index is 12.3. The molecule has 1 N–H and O–H groups in total. The van der Waals surface area contributed by atoms with Crippen molar-refractivity contribution >= 4 is 11.7 Å². The molecule has 1 aliphatic rings. The van der Waals surface area contributed by atoms with Crippen LogP contribution >= 0.6 is 0 Å². The van der Waals surface area contributed by atoms with Crippen LogP contribution in [0.1, 0.15) is 48.9 Å². The highest BCUT2D eigenvalue weighted by Gasteiger charge is 2.31. The maximum Gasteiger partial charge on any atom is 0.226 e. The standard InChI is InChI=1S/C20H20N4O/c1-13(2)14-5-7-15(8-6-14)17-10-18(25)23-20-19(17)22-12-24(20)16-4-3-9-21-11-16/h3-9,11-13,17H,10H2,1-2H3,(H,23,25)/t17-/m1/s1. The topological polar surface area (TPSA) is 59.8 Å². The molecule has 1 amide bonds. The van der Waals surface area contributed by atoms with Crippen molar-refractivity contribution in [3.05, 3.63) is 71.9 Å². The fourth-order valence-corrected chi connectivity index (χ4v) is 3.29. The van der Waals surface area contributed by atoms with Gasteiger partial charge in [-0.3, -0.25) is 14.3 Å². The summed E-state index contributed by atoms with van der Waals surface area (Å²) in [6.45, 7) is 4.35. The van der Waals surface area contributed by atoms with Crippen molar-refractivity contribution < 1.29 is 4.79 Å². The van der Waals surface area contributed by atoms with Crippen molar-refractivity contribution in [2.24, 2.45) is 0 Å². The Bertz CT molecular complexity index is 897. The zero-order valence-corrected chi connectivity index (χ0v) is 14.3. The van der Waals surface area contributed by atoms with Crippen LogP contribution in [0.15, 0.2) is 55.1 Å². The number of nitrogens with one attached hydrogen (secondary N) is 1. The summed E-state index contributed by atoms with van der Waals surface area (Å²) in [7, 11) is 0. The highest BCUT2D eigenvalue weighted by Crippen LogP contribution is 2.37. The third-order valence-corrected chi connectivity index (χ3v) is 4.70. The lowest BCUT2D eigenvalue weighted by atomic mass is 9.88. The summed E-state index contributed by atoms with van der Waals surface area (Å²) in [6, 6.07) is 12.3. The van der Waals surface area contributed by atoms with Gasteiger partial charge < -0.3 is 5.32 Å². The molecule has 0 spiro atoms. The van der Waals surface area contributed by atoms with E-state index in [9.17, 15) is 4.79 Å². The molecule has 3 aromatic rings. The van der Waals surface area contributed by atoms with Crippen molar-refractivity contribution in [2.75, 3.05) is 5.32 Å². The summed E-state index contributed by atoms with van der Waals surface area (Å²) < 4.78 is 1.88. The number of carbonyl (C=O) groups is 1. The summed E-state index contributed by atoms with van der Waals surface area (Å²) in [4.78, 5) is 21.1. The molecule has 25 heavy (non-hydrogen) atoms. The number of carbonyl (C=O) groups excluding carboxylic acids is 1. The van der Waals surface area contributed by atoms with Crippen molar-refractivity contribution in [2.45, 2.75) is 32.1 Å². The van der Waals surface area contributed by atoms with Gasteiger partial charge in [0.15, 0.2) is 0 Å². The van der Waals surface area contributed by atoms with Gasteiger partial charge in [0, 0.05) is 18.5 Å². The Morgan fingerprint density at radius 2 is 2.00 bits per heavy atom. The highest BCUT2D eigenvalue weighted by atomic mass is 16.1. The fourth-order valence-electron chi connectivity index (χ4n) is 3.29. The molecule has 0 radical (unpaired) electrons. The highest BCUT2D eigenvalue weighted by molar-refractivity contribution is 5.94. The number of hydrogen-bond acceptors (Lipinski definition) is 3. The first-order valence-electron chi connectivity index (χ1n) is 8.51. The first kappa shape index (κ1) is 15.6. The zero-order chi connectivity index (χ0) is 17.4. The largest absolute Gasteiger partial charge is 0.310 e. The number of rotatable bonds is 3. The normalized spacial score (nSPS) is 16.6. The predicted molar refractivity (Wildman–Crippen MR) is 97.0 cm³/mol. The minimum Gasteiger partial charge on any atom is -0.310 e. The van der Waals surface area contributed by atoms with Crippen LogP contribution in [0, 0.1) is 0 Å². The molecule has 0 saturated carbocycles. The average Bonchev–Trinajstić information content (AvgIpc) is 3.05. The van der Waals surface area contributed by atoms with Gasteiger partial charge in [0.05, 0.1) is 17.6 Å². The summed E-state index contributed by atoms with van der Waals surface area (Å²) in [5, 5.41) is 2.97. The fraction of sp³-hybridized carbons (Fsp3) is 0.250. The van der Waals surface area contributed by atoms with Crippen LogP contribution in [0.5, 0.6) is 0 Å². The summed E-state index contributed by atoms with van der Waals surface area (Å²) in [5.74, 6) is 1.21. The molecule has 1 aromatic carbocycles. The molecule has 1 aliphatic heterocycles. The summed E-state index contributed by atoms with van der Waals surface area (Å²) in [5.41, 5.74) is 4.20.